The molecule has 0 aromatic carbocycles. The molecule has 4 rings (SSSR count). The summed E-state index contributed by atoms with van der Waals surface area (Å²) < 4.78 is 0. The van der Waals surface area contributed by atoms with Crippen molar-refractivity contribution in [2.75, 3.05) is 33.7 Å². The Bertz CT molecular complexity index is 1020. The summed E-state index contributed by atoms with van der Waals surface area (Å²) in [5, 5.41) is 0. The highest BCUT2D eigenvalue weighted by molar-refractivity contribution is 6.13. The molecule has 32 heavy (non-hydrogen) atoms. The van der Waals surface area contributed by atoms with Gasteiger partial charge in [-0.15, -0.1) is 0 Å². The fourth-order valence-corrected chi connectivity index (χ4v) is 4.43. The molecule has 1 aliphatic carbocycles. The molecule has 0 N–H and O–H groups in total. The van der Waals surface area contributed by atoms with Crippen LogP contribution in [0.5, 0.6) is 0 Å². The molecule has 5 nitrogen and oxygen atoms in total. The first-order valence-corrected chi connectivity index (χ1v) is 11.8. The van der Waals surface area contributed by atoms with E-state index in [9.17, 15) is 0 Å². The average Bonchev–Trinajstić information content (AvgIpc) is 2.72. The molecular formula is C27H37N5. The van der Waals surface area contributed by atoms with Crippen LogP contribution in [0, 0.1) is 0 Å². The quantitative estimate of drug-likeness (QED) is 0.461. The number of allylic oxidation sites excluding steroid dienone is 6. The van der Waals surface area contributed by atoms with Crippen LogP contribution in [0.3, 0.4) is 0 Å². The van der Waals surface area contributed by atoms with E-state index in [4.69, 9.17) is 4.99 Å². The second kappa shape index (κ2) is 9.07. The van der Waals surface area contributed by atoms with Crippen LogP contribution in [0.4, 0.5) is 0 Å². The lowest BCUT2D eigenvalue weighted by molar-refractivity contribution is 0.132. The third-order valence-electron chi connectivity index (χ3n) is 7.14. The maximum atomic E-state index is 5.09. The van der Waals surface area contributed by atoms with Crippen LogP contribution in [0.1, 0.15) is 47.0 Å². The Hall–Kier alpha value is -2.66. The Morgan fingerprint density at radius 1 is 1.22 bits per heavy atom. The number of hydrogen-bond donors (Lipinski definition) is 0. The lowest BCUT2D eigenvalue weighted by Crippen LogP contribution is -2.50. The number of piperazine rings is 1. The Kier molecular flexibility index (Phi) is 6.38. The molecule has 0 spiro atoms. The van der Waals surface area contributed by atoms with Crippen LogP contribution < -0.4 is 0 Å². The minimum absolute atomic E-state index is 0.553. The van der Waals surface area contributed by atoms with Gasteiger partial charge < -0.3 is 9.80 Å². The Morgan fingerprint density at radius 3 is 2.56 bits per heavy atom. The van der Waals surface area contributed by atoms with Gasteiger partial charge in [-0.1, -0.05) is 12.2 Å². The Balaban J connectivity index is 1.72. The summed E-state index contributed by atoms with van der Waals surface area (Å²) in [6.07, 6.45) is 12.5. The van der Waals surface area contributed by atoms with Gasteiger partial charge in [-0.2, -0.15) is 0 Å². The molecule has 1 saturated carbocycles. The maximum Gasteiger partial charge on any atom is 0.140 e. The molecule has 170 valence electrons. The van der Waals surface area contributed by atoms with Gasteiger partial charge in [-0.25, -0.2) is 4.99 Å². The predicted molar refractivity (Wildman–Crippen MR) is 136 cm³/mol. The van der Waals surface area contributed by atoms with Crippen LogP contribution in [-0.4, -0.2) is 66.0 Å². The van der Waals surface area contributed by atoms with Crippen molar-refractivity contribution < 1.29 is 0 Å². The van der Waals surface area contributed by atoms with Crippen molar-refractivity contribution in [1.82, 2.24) is 14.7 Å². The summed E-state index contributed by atoms with van der Waals surface area (Å²) in [4.78, 5) is 16.9. The van der Waals surface area contributed by atoms with Gasteiger partial charge in [0.15, 0.2) is 0 Å². The molecule has 0 radical (unpaired) electrons. The molecule has 2 fully saturated rings. The highest BCUT2D eigenvalue weighted by Crippen LogP contribution is 2.37. The van der Waals surface area contributed by atoms with Gasteiger partial charge in [0.05, 0.1) is 17.1 Å². The highest BCUT2D eigenvalue weighted by atomic mass is 15.3. The SMILES string of the molecule is C=C(C)/C(C)=C/C(=N\C)C1=CC(=C2CCC2)N2C=C(N3CCN(C)[C@H](C)C3)C=C(C)C2=N1. The van der Waals surface area contributed by atoms with Gasteiger partial charge in [-0.05, 0) is 89.0 Å². The zero-order valence-electron chi connectivity index (χ0n) is 20.6. The monoisotopic (exact) mass is 431 g/mol. The van der Waals surface area contributed by atoms with Crippen LogP contribution in [0.2, 0.25) is 0 Å². The standard InChI is InChI=1S/C27H37N5/c1-18(2)19(3)14-24(28-6)25-15-26(22-9-8-10-22)32-17-23(13-20(4)27(32)29-25)31-12-11-30(7)21(5)16-31/h13-15,17,21H,1,8-12,16H2,2-7H3/b19-14+,28-24+/t21-/m1/s1. The van der Waals surface area contributed by atoms with Gasteiger partial charge in [0, 0.05) is 44.6 Å². The third kappa shape index (κ3) is 4.31. The van der Waals surface area contributed by atoms with E-state index in [-0.39, 0.29) is 0 Å². The van der Waals surface area contributed by atoms with Crippen LogP contribution >= 0.6 is 0 Å². The van der Waals surface area contributed by atoms with E-state index in [0.29, 0.717) is 6.04 Å². The van der Waals surface area contributed by atoms with Gasteiger partial charge >= 0.3 is 0 Å². The number of aliphatic imine (C=N–C) groups is 2. The number of hydrogen-bond acceptors (Lipinski definition) is 5. The maximum absolute atomic E-state index is 5.09. The Labute approximate surface area is 193 Å². The molecule has 1 saturated heterocycles. The number of likely N-dealkylation sites (N-methyl/N-ethyl adjacent to an activating group) is 1. The Morgan fingerprint density at radius 2 is 1.97 bits per heavy atom. The minimum Gasteiger partial charge on any atom is -0.367 e. The average molecular weight is 432 g/mol. The van der Waals surface area contributed by atoms with E-state index >= 15 is 0 Å². The van der Waals surface area contributed by atoms with Crippen LogP contribution in [0.25, 0.3) is 0 Å². The topological polar surface area (TPSA) is 34.4 Å². The van der Waals surface area contributed by atoms with Gasteiger partial charge in [0.25, 0.3) is 0 Å². The lowest BCUT2D eigenvalue weighted by Gasteiger charge is -2.42. The van der Waals surface area contributed by atoms with Gasteiger partial charge in [-0.3, -0.25) is 9.89 Å². The molecule has 3 aliphatic heterocycles. The molecule has 0 unspecified atom stereocenters. The third-order valence-corrected chi connectivity index (χ3v) is 7.14. The van der Waals surface area contributed by atoms with Crippen molar-refractivity contribution in [1.29, 1.82) is 0 Å². The number of nitrogens with zero attached hydrogens (tertiary/aromatic N) is 5. The van der Waals surface area contributed by atoms with Crippen molar-refractivity contribution >= 4 is 11.5 Å². The highest BCUT2D eigenvalue weighted by Gasteiger charge is 2.31. The summed E-state index contributed by atoms with van der Waals surface area (Å²) in [6.45, 7) is 15.9. The molecule has 5 heteroatoms. The number of amidine groups is 1. The van der Waals surface area contributed by atoms with Gasteiger partial charge in [0.1, 0.15) is 5.84 Å². The van der Waals surface area contributed by atoms with Crippen LogP contribution in [-0.2, 0) is 0 Å². The fourth-order valence-electron chi connectivity index (χ4n) is 4.43. The van der Waals surface area contributed by atoms with Crippen molar-refractivity contribution in [3.8, 4) is 0 Å². The molecule has 0 aromatic rings. The van der Waals surface area contributed by atoms with E-state index in [1.54, 1.807) is 0 Å². The first-order valence-electron chi connectivity index (χ1n) is 11.8. The minimum atomic E-state index is 0.553. The number of rotatable bonds is 4. The summed E-state index contributed by atoms with van der Waals surface area (Å²) in [5.41, 5.74) is 9.32. The molecule has 0 bridgehead atoms. The van der Waals surface area contributed by atoms with Crippen LogP contribution in [0.15, 0.2) is 80.4 Å². The van der Waals surface area contributed by atoms with Crippen molar-refractivity contribution in [3.63, 3.8) is 0 Å². The first kappa shape index (κ1) is 22.5. The second-order valence-electron chi connectivity index (χ2n) is 9.55. The predicted octanol–water partition coefficient (Wildman–Crippen LogP) is 5.05. The normalized spacial score (nSPS) is 25.0. The van der Waals surface area contributed by atoms with Gasteiger partial charge in [0.2, 0.25) is 0 Å². The first-order chi connectivity index (χ1) is 15.3. The number of fused-ring (bicyclic) bond motifs is 1. The molecule has 3 heterocycles. The molecule has 0 amide bonds. The zero-order valence-corrected chi connectivity index (χ0v) is 20.6. The zero-order chi connectivity index (χ0) is 23.0. The molecule has 4 aliphatic rings. The summed E-state index contributed by atoms with van der Waals surface area (Å²) >= 11 is 0. The largest absolute Gasteiger partial charge is 0.367 e. The van der Waals surface area contributed by atoms with E-state index < -0.39 is 0 Å². The molecule has 0 aromatic heterocycles. The van der Waals surface area contributed by atoms with E-state index in [0.717, 1.165) is 48.0 Å². The summed E-state index contributed by atoms with van der Waals surface area (Å²) in [6, 6.07) is 0.553. The lowest BCUT2D eigenvalue weighted by atomic mass is 9.88. The van der Waals surface area contributed by atoms with E-state index in [2.05, 4.69) is 78.5 Å². The van der Waals surface area contributed by atoms with Crippen molar-refractivity contribution in [2.45, 2.75) is 53.0 Å². The summed E-state index contributed by atoms with van der Waals surface area (Å²) in [7, 11) is 4.06. The van der Waals surface area contributed by atoms with E-state index in [1.165, 1.54) is 41.8 Å². The summed E-state index contributed by atoms with van der Waals surface area (Å²) in [5.74, 6) is 1.02. The van der Waals surface area contributed by atoms with Crippen molar-refractivity contribution in [3.05, 3.63) is 70.4 Å². The van der Waals surface area contributed by atoms with E-state index in [1.807, 2.05) is 14.0 Å². The second-order valence-corrected chi connectivity index (χ2v) is 9.55. The fraction of sp³-hybridized carbons (Fsp3) is 0.481. The molecule has 1 atom stereocenters. The van der Waals surface area contributed by atoms with Crippen molar-refractivity contribution in [2.24, 2.45) is 9.98 Å². The smallest absolute Gasteiger partial charge is 0.140 e. The molecular weight excluding hydrogens is 394 g/mol.